The third-order valence-corrected chi connectivity index (χ3v) is 3.18. The van der Waals surface area contributed by atoms with Crippen LogP contribution in [-0.2, 0) is 0 Å². The summed E-state index contributed by atoms with van der Waals surface area (Å²) in [4.78, 5) is 2.48. The molecule has 1 saturated heterocycles. The van der Waals surface area contributed by atoms with E-state index in [2.05, 4.69) is 61.3 Å². The Hall–Kier alpha value is -1.02. The normalized spacial score (nSPS) is 25.2. The second-order valence-corrected chi connectivity index (χ2v) is 5.48. The molecule has 88 valence electrons. The largest absolute Gasteiger partial charge is 0.370 e. The van der Waals surface area contributed by atoms with E-state index in [1.165, 1.54) is 12.1 Å². The molecule has 2 heteroatoms. The van der Waals surface area contributed by atoms with Crippen LogP contribution in [-0.4, -0.2) is 24.7 Å². The summed E-state index contributed by atoms with van der Waals surface area (Å²) in [5.41, 5.74) is 1.53. The van der Waals surface area contributed by atoms with Crippen molar-refractivity contribution in [1.29, 1.82) is 0 Å². The van der Waals surface area contributed by atoms with Crippen LogP contribution < -0.4 is 10.2 Å². The highest BCUT2D eigenvalue weighted by molar-refractivity contribution is 5.46. The Balaban J connectivity index is 2.17. The van der Waals surface area contributed by atoms with Gasteiger partial charge < -0.3 is 10.2 Å². The Labute approximate surface area is 98.7 Å². The molecule has 1 fully saturated rings. The minimum absolute atomic E-state index is 0.186. The predicted octanol–water partition coefficient (Wildman–Crippen LogP) is 2.65. The van der Waals surface area contributed by atoms with Crippen molar-refractivity contribution in [1.82, 2.24) is 5.32 Å². The van der Waals surface area contributed by atoms with Gasteiger partial charge >= 0.3 is 0 Å². The van der Waals surface area contributed by atoms with E-state index in [-0.39, 0.29) is 5.54 Å². The van der Waals surface area contributed by atoms with E-state index in [1.54, 1.807) is 0 Å². The minimum Gasteiger partial charge on any atom is -0.370 e. The average molecular weight is 218 g/mol. The second-order valence-electron chi connectivity index (χ2n) is 5.48. The summed E-state index contributed by atoms with van der Waals surface area (Å²) >= 11 is 0. The minimum atomic E-state index is 0.186. The van der Waals surface area contributed by atoms with Gasteiger partial charge in [0.2, 0.25) is 0 Å². The van der Waals surface area contributed by atoms with Crippen molar-refractivity contribution in [3.05, 3.63) is 30.3 Å². The Morgan fingerprint density at radius 3 is 2.62 bits per heavy atom. The van der Waals surface area contributed by atoms with E-state index in [4.69, 9.17) is 0 Å². The van der Waals surface area contributed by atoms with Gasteiger partial charge in [0.1, 0.15) is 0 Å². The third kappa shape index (κ3) is 2.76. The quantitative estimate of drug-likeness (QED) is 0.779. The Bertz CT molecular complexity index is 332. The smallest absolute Gasteiger partial charge is 0.0366 e. The Morgan fingerprint density at radius 2 is 1.94 bits per heavy atom. The first-order chi connectivity index (χ1) is 7.57. The van der Waals surface area contributed by atoms with Crippen LogP contribution in [0.2, 0.25) is 0 Å². The molecule has 0 saturated carbocycles. The number of rotatable bonds is 1. The summed E-state index contributed by atoms with van der Waals surface area (Å²) in [5.74, 6) is 0. The van der Waals surface area contributed by atoms with Crippen molar-refractivity contribution < 1.29 is 0 Å². The molecule has 1 aromatic carbocycles. The van der Waals surface area contributed by atoms with Gasteiger partial charge in [0, 0.05) is 30.4 Å². The van der Waals surface area contributed by atoms with Gasteiger partial charge in [-0.2, -0.15) is 0 Å². The molecule has 0 amide bonds. The highest BCUT2D eigenvalue weighted by Gasteiger charge is 2.27. The highest BCUT2D eigenvalue weighted by Crippen LogP contribution is 2.20. The molecule has 0 bridgehead atoms. The van der Waals surface area contributed by atoms with Crippen LogP contribution in [0.3, 0.4) is 0 Å². The molecular formula is C14H22N2. The zero-order valence-electron chi connectivity index (χ0n) is 10.5. The lowest BCUT2D eigenvalue weighted by Crippen LogP contribution is -2.48. The number of nitrogens with one attached hydrogen (secondary N) is 1. The van der Waals surface area contributed by atoms with Gasteiger partial charge in [-0.1, -0.05) is 18.2 Å². The molecule has 16 heavy (non-hydrogen) atoms. The maximum absolute atomic E-state index is 3.68. The predicted molar refractivity (Wildman–Crippen MR) is 69.9 cm³/mol. The number of para-hydroxylation sites is 1. The molecule has 0 spiro atoms. The summed E-state index contributed by atoms with van der Waals surface area (Å²) in [5, 5.41) is 3.68. The third-order valence-electron chi connectivity index (χ3n) is 3.18. The molecule has 1 aromatic rings. The highest BCUT2D eigenvalue weighted by atomic mass is 15.2. The molecular weight excluding hydrogens is 196 g/mol. The fraction of sp³-hybridized carbons (Fsp3) is 0.571. The SMILES string of the molecule is CC1CCN(c2ccccc2)CC(C)(C)N1. The van der Waals surface area contributed by atoms with Crippen LogP contribution in [0.1, 0.15) is 27.2 Å². The molecule has 1 aliphatic heterocycles. The lowest BCUT2D eigenvalue weighted by Gasteiger charge is -2.32. The Morgan fingerprint density at radius 1 is 1.25 bits per heavy atom. The zero-order valence-corrected chi connectivity index (χ0v) is 10.5. The zero-order chi connectivity index (χ0) is 11.6. The lowest BCUT2D eigenvalue weighted by atomic mass is 10.0. The lowest BCUT2D eigenvalue weighted by molar-refractivity contribution is 0.368. The van der Waals surface area contributed by atoms with Gasteiger partial charge in [0.25, 0.3) is 0 Å². The molecule has 1 unspecified atom stereocenters. The van der Waals surface area contributed by atoms with Crippen LogP contribution >= 0.6 is 0 Å². The fourth-order valence-corrected chi connectivity index (χ4v) is 2.55. The first-order valence-corrected chi connectivity index (χ1v) is 6.14. The number of hydrogen-bond acceptors (Lipinski definition) is 2. The van der Waals surface area contributed by atoms with E-state index in [1.807, 2.05) is 0 Å². The molecule has 2 rings (SSSR count). The first-order valence-electron chi connectivity index (χ1n) is 6.14. The van der Waals surface area contributed by atoms with Gasteiger partial charge in [0.05, 0.1) is 0 Å². The second kappa shape index (κ2) is 4.46. The molecule has 0 aliphatic carbocycles. The van der Waals surface area contributed by atoms with Crippen LogP contribution in [0, 0.1) is 0 Å². The van der Waals surface area contributed by atoms with Gasteiger partial charge in [-0.15, -0.1) is 0 Å². The van der Waals surface area contributed by atoms with E-state index in [0.29, 0.717) is 6.04 Å². The summed E-state index contributed by atoms with van der Waals surface area (Å²) in [6, 6.07) is 11.3. The fourth-order valence-electron chi connectivity index (χ4n) is 2.55. The van der Waals surface area contributed by atoms with Crippen LogP contribution in [0.15, 0.2) is 30.3 Å². The van der Waals surface area contributed by atoms with Crippen molar-refractivity contribution in [3.63, 3.8) is 0 Å². The van der Waals surface area contributed by atoms with Crippen LogP contribution in [0.25, 0.3) is 0 Å². The topological polar surface area (TPSA) is 15.3 Å². The summed E-state index contributed by atoms with van der Waals surface area (Å²) in [6.45, 7) is 9.05. The standard InChI is InChI=1S/C14H22N2/c1-12-9-10-16(11-14(2,3)15-12)13-7-5-4-6-8-13/h4-8,12,15H,9-11H2,1-3H3. The molecule has 2 nitrogen and oxygen atoms in total. The van der Waals surface area contributed by atoms with Gasteiger partial charge in [-0.05, 0) is 39.3 Å². The maximum Gasteiger partial charge on any atom is 0.0366 e. The summed E-state index contributed by atoms with van der Waals surface area (Å²) in [6.07, 6.45) is 1.21. The monoisotopic (exact) mass is 218 g/mol. The van der Waals surface area contributed by atoms with E-state index in [0.717, 1.165) is 13.1 Å². The molecule has 0 aromatic heterocycles. The summed E-state index contributed by atoms with van der Waals surface area (Å²) in [7, 11) is 0. The number of hydrogen-bond donors (Lipinski definition) is 1. The maximum atomic E-state index is 3.68. The number of nitrogens with zero attached hydrogens (tertiary/aromatic N) is 1. The average Bonchev–Trinajstić information content (AvgIpc) is 2.37. The van der Waals surface area contributed by atoms with Crippen LogP contribution in [0.5, 0.6) is 0 Å². The molecule has 0 radical (unpaired) electrons. The van der Waals surface area contributed by atoms with Crippen molar-refractivity contribution in [2.24, 2.45) is 0 Å². The van der Waals surface area contributed by atoms with Crippen molar-refractivity contribution >= 4 is 5.69 Å². The van der Waals surface area contributed by atoms with Crippen molar-refractivity contribution in [2.45, 2.75) is 38.8 Å². The van der Waals surface area contributed by atoms with Gasteiger partial charge in [0.15, 0.2) is 0 Å². The Kier molecular flexibility index (Phi) is 3.20. The number of anilines is 1. The summed E-state index contributed by atoms with van der Waals surface area (Å²) < 4.78 is 0. The van der Waals surface area contributed by atoms with Gasteiger partial charge in [-0.25, -0.2) is 0 Å². The van der Waals surface area contributed by atoms with E-state index in [9.17, 15) is 0 Å². The first kappa shape index (κ1) is 11.5. The molecule has 1 N–H and O–H groups in total. The van der Waals surface area contributed by atoms with Crippen molar-refractivity contribution in [3.8, 4) is 0 Å². The van der Waals surface area contributed by atoms with E-state index < -0.39 is 0 Å². The molecule has 1 heterocycles. The molecule has 1 atom stereocenters. The van der Waals surface area contributed by atoms with Crippen molar-refractivity contribution in [2.75, 3.05) is 18.0 Å². The van der Waals surface area contributed by atoms with E-state index >= 15 is 0 Å². The van der Waals surface area contributed by atoms with Gasteiger partial charge in [-0.3, -0.25) is 0 Å². The van der Waals surface area contributed by atoms with Crippen LogP contribution in [0.4, 0.5) is 5.69 Å². The molecule has 1 aliphatic rings. The number of benzene rings is 1.